The number of carbonyl (C=O) groups excluding carboxylic acids is 2. The van der Waals surface area contributed by atoms with Crippen LogP contribution in [0.15, 0.2) is 83.6 Å². The standard InChI is InChI=1S/C42H48F3N3O8Si/c1-39(2,3)57(6,7)56-40-27(20-31-34(38(40)51)41(47-55-31,48(4)5)53-23-25-16-12-9-13-17-25)18-26-19-28-30(54-42(43,44)45)21-29(46)36(33(28)35(49)32(26)37(40)50)52-22-24-14-10-8-11-15-24/h8-17,21,26-27,47,49H,18-20,22-23,46H2,1-7H3/t26-,27+,40+,41?/m1/s1. The third-order valence-electron chi connectivity index (χ3n) is 12.0. The summed E-state index contributed by atoms with van der Waals surface area (Å²) in [7, 11) is 0.415. The number of carbonyl (C=O) groups is 2. The summed E-state index contributed by atoms with van der Waals surface area (Å²) in [5.74, 6) is -5.84. The SMILES string of the molecule is CN(C)C1(OCc2ccccc2)NOC2=C1C(=O)[C@@]1(O[Si](C)(C)C(C)(C)C)C(=O)C3=C(O)c4c(c(OC(F)(F)F)cc(N)c4OCc4ccccc4)C[C@H]3C[C@H]1C2. The zero-order valence-electron chi connectivity index (χ0n) is 33.0. The number of ether oxygens (including phenoxy) is 3. The van der Waals surface area contributed by atoms with Gasteiger partial charge in [-0.3, -0.25) is 14.5 Å². The van der Waals surface area contributed by atoms with Gasteiger partial charge in [-0.2, -0.15) is 0 Å². The second kappa shape index (κ2) is 14.3. The Labute approximate surface area is 330 Å². The number of Topliss-reactive ketones (excluding diaryl/α,β-unsaturated/α-hetero) is 2. The summed E-state index contributed by atoms with van der Waals surface area (Å²) in [5.41, 5.74) is 8.16. The van der Waals surface area contributed by atoms with Crippen LogP contribution in [0.4, 0.5) is 18.9 Å². The molecule has 3 aromatic carbocycles. The molecule has 0 aromatic heterocycles. The summed E-state index contributed by atoms with van der Waals surface area (Å²) < 4.78 is 65.8. The van der Waals surface area contributed by atoms with Gasteiger partial charge in [0.15, 0.2) is 19.7 Å². The van der Waals surface area contributed by atoms with Crippen LogP contribution in [-0.2, 0) is 43.2 Å². The smallest absolute Gasteiger partial charge is 0.507 e. The van der Waals surface area contributed by atoms with E-state index < -0.39 is 66.1 Å². The van der Waals surface area contributed by atoms with Crippen LogP contribution in [0.3, 0.4) is 0 Å². The van der Waals surface area contributed by atoms with E-state index in [9.17, 15) is 18.3 Å². The number of likely N-dealkylation sites (N-methyl/N-ethyl adjacent to an activating group) is 1. The fraction of sp³-hybridized carbons (Fsp3) is 0.429. The Balaban J connectivity index is 1.40. The number of ketones is 2. The molecular formula is C42H48F3N3O8Si. The Morgan fingerprint density at radius 3 is 2.16 bits per heavy atom. The molecular weight excluding hydrogens is 760 g/mol. The highest BCUT2D eigenvalue weighted by molar-refractivity contribution is 6.74. The lowest BCUT2D eigenvalue weighted by atomic mass is 9.58. The van der Waals surface area contributed by atoms with Crippen molar-refractivity contribution >= 4 is 31.3 Å². The van der Waals surface area contributed by atoms with Crippen molar-refractivity contribution in [2.24, 2.45) is 11.8 Å². The van der Waals surface area contributed by atoms with E-state index in [2.05, 4.69) is 10.2 Å². The van der Waals surface area contributed by atoms with Crippen LogP contribution in [0.25, 0.3) is 5.76 Å². The first kappa shape index (κ1) is 40.5. The molecule has 4 N–H and O–H groups in total. The largest absolute Gasteiger partial charge is 0.573 e. The molecule has 4 atom stereocenters. The van der Waals surface area contributed by atoms with E-state index in [1.165, 1.54) is 0 Å². The first-order valence-corrected chi connectivity index (χ1v) is 21.7. The predicted molar refractivity (Wildman–Crippen MR) is 208 cm³/mol. The number of anilines is 1. The van der Waals surface area contributed by atoms with Gasteiger partial charge >= 0.3 is 6.36 Å². The van der Waals surface area contributed by atoms with Gasteiger partial charge in [0.25, 0.3) is 0 Å². The highest BCUT2D eigenvalue weighted by Crippen LogP contribution is 2.58. The lowest BCUT2D eigenvalue weighted by Crippen LogP contribution is -2.69. The number of fused-ring (bicyclic) bond motifs is 3. The highest BCUT2D eigenvalue weighted by Gasteiger charge is 2.69. The summed E-state index contributed by atoms with van der Waals surface area (Å²) in [6.07, 6.45) is -5.09. The van der Waals surface area contributed by atoms with Crippen molar-refractivity contribution in [2.45, 2.75) is 89.2 Å². The number of benzene rings is 3. The number of hydrogen-bond donors (Lipinski definition) is 3. The number of hydroxylamine groups is 1. The normalized spacial score (nSPS) is 24.8. The molecule has 0 saturated heterocycles. The highest BCUT2D eigenvalue weighted by atomic mass is 28.4. The fourth-order valence-electron chi connectivity index (χ4n) is 8.13. The molecule has 3 aromatic rings. The third kappa shape index (κ3) is 6.92. The van der Waals surface area contributed by atoms with Gasteiger partial charge in [0.05, 0.1) is 17.9 Å². The van der Waals surface area contributed by atoms with Gasteiger partial charge in [-0.25, -0.2) is 0 Å². The number of rotatable bonds is 10. The van der Waals surface area contributed by atoms with Crippen LogP contribution in [-0.4, -0.2) is 61.8 Å². The summed E-state index contributed by atoms with van der Waals surface area (Å²) in [5, 5.41) is 11.9. The third-order valence-corrected chi connectivity index (χ3v) is 16.4. The van der Waals surface area contributed by atoms with Crippen molar-refractivity contribution < 1.29 is 51.3 Å². The molecule has 4 aliphatic rings. The lowest BCUT2D eigenvalue weighted by molar-refractivity contribution is -0.275. The second-order valence-corrected chi connectivity index (χ2v) is 21.6. The van der Waals surface area contributed by atoms with Gasteiger partial charge < -0.3 is 34.3 Å². The van der Waals surface area contributed by atoms with E-state index in [1.807, 2.05) is 70.3 Å². The van der Waals surface area contributed by atoms with Crippen molar-refractivity contribution in [3.05, 3.63) is 106 Å². The zero-order valence-corrected chi connectivity index (χ0v) is 34.0. The predicted octanol–water partition coefficient (Wildman–Crippen LogP) is 7.73. The summed E-state index contributed by atoms with van der Waals surface area (Å²) >= 11 is 0. The molecule has 1 fully saturated rings. The summed E-state index contributed by atoms with van der Waals surface area (Å²) in [4.78, 5) is 39.0. The van der Waals surface area contributed by atoms with Crippen molar-refractivity contribution in [1.82, 2.24) is 10.4 Å². The fourth-order valence-corrected chi connectivity index (χ4v) is 9.59. The molecule has 0 spiro atoms. The van der Waals surface area contributed by atoms with Gasteiger partial charge in [0.2, 0.25) is 17.4 Å². The number of nitrogen functional groups attached to an aromatic ring is 1. The van der Waals surface area contributed by atoms with Gasteiger partial charge in [-0.1, -0.05) is 81.4 Å². The van der Waals surface area contributed by atoms with Crippen LogP contribution >= 0.6 is 0 Å². The number of nitrogens with zero attached hydrogens (tertiary/aromatic N) is 1. The average molecular weight is 808 g/mol. The number of nitrogens with two attached hydrogens (primary N) is 1. The Morgan fingerprint density at radius 2 is 1.58 bits per heavy atom. The zero-order chi connectivity index (χ0) is 41.3. The van der Waals surface area contributed by atoms with E-state index in [-0.39, 0.29) is 71.9 Å². The molecule has 1 unspecified atom stereocenters. The van der Waals surface area contributed by atoms with E-state index in [0.717, 1.165) is 17.2 Å². The molecule has 3 aliphatic carbocycles. The van der Waals surface area contributed by atoms with E-state index in [1.54, 1.807) is 43.3 Å². The Bertz CT molecular complexity index is 2150. The number of hydrogen-bond acceptors (Lipinski definition) is 11. The summed E-state index contributed by atoms with van der Waals surface area (Å²) in [6.45, 7) is 9.86. The maximum absolute atomic E-state index is 15.6. The number of aliphatic hydroxyl groups excluding tert-OH is 1. The molecule has 1 saturated carbocycles. The topological polar surface area (TPSA) is 142 Å². The molecule has 0 bridgehead atoms. The van der Waals surface area contributed by atoms with Crippen LogP contribution in [0.2, 0.25) is 18.1 Å². The van der Waals surface area contributed by atoms with Gasteiger partial charge in [-0.15, -0.1) is 18.7 Å². The van der Waals surface area contributed by atoms with Crippen molar-refractivity contribution in [2.75, 3.05) is 19.8 Å². The van der Waals surface area contributed by atoms with Crippen molar-refractivity contribution in [1.29, 1.82) is 0 Å². The minimum absolute atomic E-state index is 0.0248. The van der Waals surface area contributed by atoms with Crippen LogP contribution < -0.4 is 20.7 Å². The lowest BCUT2D eigenvalue weighted by Gasteiger charge is -2.53. The number of aliphatic hydroxyl groups is 1. The molecule has 57 heavy (non-hydrogen) atoms. The molecule has 0 amide bonds. The van der Waals surface area contributed by atoms with E-state index >= 15 is 9.59 Å². The van der Waals surface area contributed by atoms with Gasteiger partial charge in [0, 0.05) is 29.5 Å². The molecule has 1 heterocycles. The maximum Gasteiger partial charge on any atom is 0.573 e. The Hall–Kier alpha value is -4.67. The average Bonchev–Trinajstić information content (AvgIpc) is 3.51. The quantitative estimate of drug-likeness (QED) is 0.0802. The monoisotopic (exact) mass is 807 g/mol. The maximum atomic E-state index is 15.6. The van der Waals surface area contributed by atoms with Crippen LogP contribution in [0, 0.1) is 11.8 Å². The van der Waals surface area contributed by atoms with Gasteiger partial charge in [-0.05, 0) is 62.1 Å². The molecule has 304 valence electrons. The number of allylic oxidation sites excluding steroid dienone is 1. The Kier molecular flexibility index (Phi) is 10.2. The van der Waals surface area contributed by atoms with E-state index in [0.29, 0.717) is 0 Å². The second-order valence-electron chi connectivity index (χ2n) is 16.8. The summed E-state index contributed by atoms with van der Waals surface area (Å²) in [6, 6.07) is 19.4. The molecule has 11 nitrogen and oxygen atoms in total. The minimum atomic E-state index is -5.09. The first-order valence-electron chi connectivity index (χ1n) is 18.8. The molecule has 15 heteroatoms. The molecule has 1 aliphatic heterocycles. The molecule has 7 rings (SSSR count). The Morgan fingerprint density at radius 1 is 0.965 bits per heavy atom. The van der Waals surface area contributed by atoms with Crippen molar-refractivity contribution in [3.63, 3.8) is 0 Å². The minimum Gasteiger partial charge on any atom is -0.507 e. The van der Waals surface area contributed by atoms with Gasteiger partial charge in [0.1, 0.15) is 29.4 Å². The van der Waals surface area contributed by atoms with Crippen molar-refractivity contribution in [3.8, 4) is 11.5 Å². The molecule has 0 radical (unpaired) electrons. The number of alkyl halides is 3. The van der Waals surface area contributed by atoms with Crippen LogP contribution in [0.1, 0.15) is 55.9 Å². The first-order chi connectivity index (χ1) is 26.7. The number of halogens is 3. The van der Waals surface area contributed by atoms with Crippen LogP contribution in [0.5, 0.6) is 11.5 Å². The number of nitrogens with one attached hydrogen (secondary N) is 1. The van der Waals surface area contributed by atoms with E-state index in [4.69, 9.17) is 24.5 Å².